The number of nitro groups is 1. The fraction of sp³-hybridized carbons (Fsp3) is 0.600. The van der Waals surface area contributed by atoms with E-state index in [0.717, 1.165) is 25.7 Å². The second-order valence-electron chi connectivity index (χ2n) is 6.00. The summed E-state index contributed by atoms with van der Waals surface area (Å²) in [6, 6.07) is 4.81. The molecule has 0 heterocycles. The summed E-state index contributed by atoms with van der Waals surface area (Å²) in [4.78, 5) is 10.7. The molecule has 0 amide bonds. The average Bonchev–Trinajstić information content (AvgIpc) is 2.49. The SMILES string of the molecule is O=[N+]([O-])c1cccc(Br)c1OC1CC(O)C12CCCCC2. The van der Waals surface area contributed by atoms with Crippen molar-refractivity contribution in [2.75, 3.05) is 0 Å². The summed E-state index contributed by atoms with van der Waals surface area (Å²) in [7, 11) is 0. The topological polar surface area (TPSA) is 72.6 Å². The van der Waals surface area contributed by atoms with E-state index in [-0.39, 0.29) is 29.1 Å². The zero-order chi connectivity index (χ0) is 15.0. The van der Waals surface area contributed by atoms with Gasteiger partial charge in [-0.1, -0.05) is 25.3 Å². The summed E-state index contributed by atoms with van der Waals surface area (Å²) in [5.41, 5.74) is -0.238. The van der Waals surface area contributed by atoms with Gasteiger partial charge in [-0.2, -0.15) is 0 Å². The lowest BCUT2D eigenvalue weighted by atomic mass is 9.56. The highest BCUT2D eigenvalue weighted by atomic mass is 79.9. The van der Waals surface area contributed by atoms with Crippen LogP contribution in [0.2, 0.25) is 0 Å². The summed E-state index contributed by atoms with van der Waals surface area (Å²) < 4.78 is 6.58. The monoisotopic (exact) mass is 355 g/mol. The molecule has 21 heavy (non-hydrogen) atoms. The van der Waals surface area contributed by atoms with Crippen LogP contribution < -0.4 is 4.74 Å². The first-order valence-corrected chi connectivity index (χ1v) is 8.11. The van der Waals surface area contributed by atoms with Crippen molar-refractivity contribution < 1.29 is 14.8 Å². The number of aliphatic hydroxyl groups is 1. The van der Waals surface area contributed by atoms with Crippen LogP contribution in [0.5, 0.6) is 5.75 Å². The predicted octanol–water partition coefficient (Wildman–Crippen LogP) is 3.82. The number of aliphatic hydroxyl groups excluding tert-OH is 1. The third kappa shape index (κ3) is 2.44. The van der Waals surface area contributed by atoms with Gasteiger partial charge in [-0.05, 0) is 34.8 Å². The molecule has 3 rings (SSSR count). The van der Waals surface area contributed by atoms with Crippen LogP contribution in [-0.4, -0.2) is 22.2 Å². The van der Waals surface area contributed by atoms with E-state index in [1.165, 1.54) is 12.5 Å². The maximum Gasteiger partial charge on any atom is 0.312 e. The Labute approximate surface area is 131 Å². The van der Waals surface area contributed by atoms with E-state index < -0.39 is 4.92 Å². The smallest absolute Gasteiger partial charge is 0.312 e. The molecule has 0 aromatic heterocycles. The second-order valence-corrected chi connectivity index (χ2v) is 6.85. The van der Waals surface area contributed by atoms with Gasteiger partial charge in [0.15, 0.2) is 0 Å². The quantitative estimate of drug-likeness (QED) is 0.660. The number of rotatable bonds is 3. The molecule has 2 atom stereocenters. The number of nitrogens with zero attached hydrogens (tertiary/aromatic N) is 1. The molecule has 6 heteroatoms. The van der Waals surface area contributed by atoms with Crippen LogP contribution >= 0.6 is 15.9 Å². The first-order chi connectivity index (χ1) is 10.0. The Bertz CT molecular complexity index is 557. The zero-order valence-corrected chi connectivity index (χ0v) is 13.2. The number of para-hydroxylation sites is 1. The van der Waals surface area contributed by atoms with Gasteiger partial charge in [-0.15, -0.1) is 0 Å². The van der Waals surface area contributed by atoms with Crippen molar-refractivity contribution in [3.8, 4) is 5.75 Å². The lowest BCUT2D eigenvalue weighted by Gasteiger charge is -2.54. The van der Waals surface area contributed by atoms with E-state index >= 15 is 0 Å². The molecule has 2 saturated carbocycles. The van der Waals surface area contributed by atoms with Gasteiger partial charge in [0.2, 0.25) is 5.75 Å². The number of ether oxygens (including phenoxy) is 1. The van der Waals surface area contributed by atoms with Gasteiger partial charge >= 0.3 is 5.69 Å². The Hall–Kier alpha value is -1.14. The minimum absolute atomic E-state index is 0.0308. The largest absolute Gasteiger partial charge is 0.482 e. The van der Waals surface area contributed by atoms with Gasteiger partial charge < -0.3 is 9.84 Å². The van der Waals surface area contributed by atoms with E-state index in [1.54, 1.807) is 12.1 Å². The second kappa shape index (κ2) is 5.57. The van der Waals surface area contributed by atoms with Gasteiger partial charge in [0.25, 0.3) is 0 Å². The van der Waals surface area contributed by atoms with E-state index in [2.05, 4.69) is 15.9 Å². The Kier molecular flexibility index (Phi) is 3.92. The molecule has 1 N–H and O–H groups in total. The first kappa shape index (κ1) is 14.8. The van der Waals surface area contributed by atoms with Crippen LogP contribution in [0.15, 0.2) is 22.7 Å². The Balaban J connectivity index is 1.86. The predicted molar refractivity (Wildman–Crippen MR) is 81.4 cm³/mol. The number of benzene rings is 1. The molecular formula is C15H18BrNO4. The van der Waals surface area contributed by atoms with Gasteiger partial charge in [-0.25, -0.2) is 0 Å². The average molecular weight is 356 g/mol. The van der Waals surface area contributed by atoms with Crippen molar-refractivity contribution >= 4 is 21.6 Å². The lowest BCUT2D eigenvalue weighted by molar-refractivity contribution is -0.386. The molecule has 1 aromatic rings. The molecule has 0 aliphatic heterocycles. The third-order valence-corrected chi connectivity index (χ3v) is 5.55. The van der Waals surface area contributed by atoms with Crippen molar-refractivity contribution in [2.24, 2.45) is 5.41 Å². The summed E-state index contributed by atoms with van der Waals surface area (Å²) in [5, 5.41) is 21.3. The Morgan fingerprint density at radius 1 is 1.33 bits per heavy atom. The molecule has 2 unspecified atom stereocenters. The number of nitro benzene ring substituents is 1. The summed E-state index contributed by atoms with van der Waals surface area (Å²) in [6.07, 6.45) is 5.34. The van der Waals surface area contributed by atoms with Gasteiger partial charge in [-0.3, -0.25) is 10.1 Å². The normalized spacial score (nSPS) is 27.1. The minimum atomic E-state index is -0.428. The maximum atomic E-state index is 11.1. The minimum Gasteiger partial charge on any atom is -0.482 e. The lowest BCUT2D eigenvalue weighted by Crippen LogP contribution is -2.60. The maximum absolute atomic E-state index is 11.1. The van der Waals surface area contributed by atoms with Crippen LogP contribution in [-0.2, 0) is 0 Å². The zero-order valence-electron chi connectivity index (χ0n) is 11.6. The van der Waals surface area contributed by atoms with E-state index in [4.69, 9.17) is 4.74 Å². The van der Waals surface area contributed by atoms with Crippen molar-refractivity contribution in [1.29, 1.82) is 0 Å². The number of halogens is 1. The Morgan fingerprint density at radius 2 is 2.05 bits per heavy atom. The standard InChI is InChI=1S/C15H18BrNO4/c16-10-5-4-6-11(17(19)20)14(10)21-13-9-12(18)15(13)7-2-1-3-8-15/h4-6,12-13,18H,1-3,7-9H2. The molecule has 0 radical (unpaired) electrons. The summed E-state index contributed by atoms with van der Waals surface area (Å²) in [5.74, 6) is 0.282. The van der Waals surface area contributed by atoms with Crippen LogP contribution in [0, 0.1) is 15.5 Å². The third-order valence-electron chi connectivity index (χ3n) is 4.93. The van der Waals surface area contributed by atoms with Gasteiger partial charge in [0.1, 0.15) is 6.10 Å². The van der Waals surface area contributed by atoms with Crippen molar-refractivity contribution in [3.05, 3.63) is 32.8 Å². The Morgan fingerprint density at radius 3 is 2.67 bits per heavy atom. The van der Waals surface area contributed by atoms with Crippen molar-refractivity contribution in [1.82, 2.24) is 0 Å². The van der Waals surface area contributed by atoms with Gasteiger partial charge in [0.05, 0.1) is 15.5 Å². The van der Waals surface area contributed by atoms with Crippen LogP contribution in [0.3, 0.4) is 0 Å². The fourth-order valence-electron chi connectivity index (χ4n) is 3.66. The van der Waals surface area contributed by atoms with Crippen LogP contribution in [0.4, 0.5) is 5.69 Å². The molecule has 2 aliphatic rings. The highest BCUT2D eigenvalue weighted by Gasteiger charge is 2.56. The number of hydrogen-bond acceptors (Lipinski definition) is 4. The molecule has 0 bridgehead atoms. The van der Waals surface area contributed by atoms with Crippen LogP contribution in [0.1, 0.15) is 38.5 Å². The molecule has 2 aliphatic carbocycles. The highest BCUT2D eigenvalue weighted by molar-refractivity contribution is 9.10. The number of hydrogen-bond donors (Lipinski definition) is 1. The van der Waals surface area contributed by atoms with E-state index in [0.29, 0.717) is 10.9 Å². The molecule has 114 valence electrons. The summed E-state index contributed by atoms with van der Waals surface area (Å²) >= 11 is 3.33. The molecule has 1 spiro atoms. The molecule has 5 nitrogen and oxygen atoms in total. The molecular weight excluding hydrogens is 338 g/mol. The van der Waals surface area contributed by atoms with Crippen LogP contribution in [0.25, 0.3) is 0 Å². The fourth-order valence-corrected chi connectivity index (χ4v) is 4.11. The van der Waals surface area contributed by atoms with Crippen molar-refractivity contribution in [3.63, 3.8) is 0 Å². The van der Waals surface area contributed by atoms with E-state index in [1.807, 2.05) is 0 Å². The highest BCUT2D eigenvalue weighted by Crippen LogP contribution is 2.54. The molecule has 0 saturated heterocycles. The molecule has 1 aromatic carbocycles. The molecule has 2 fully saturated rings. The van der Waals surface area contributed by atoms with Crippen molar-refractivity contribution in [2.45, 2.75) is 50.7 Å². The first-order valence-electron chi connectivity index (χ1n) is 7.32. The van der Waals surface area contributed by atoms with Gasteiger partial charge in [0, 0.05) is 17.9 Å². The van der Waals surface area contributed by atoms with E-state index in [9.17, 15) is 15.2 Å². The summed E-state index contributed by atoms with van der Waals surface area (Å²) in [6.45, 7) is 0.